The van der Waals surface area contributed by atoms with Crippen LogP contribution in [0.4, 0.5) is 24.7 Å². The smallest absolute Gasteiger partial charge is 0.405 e. The zero-order chi connectivity index (χ0) is 26.7. The predicted octanol–water partition coefficient (Wildman–Crippen LogP) is 7.74. The van der Waals surface area contributed by atoms with Crippen LogP contribution in [0.3, 0.4) is 0 Å². The van der Waals surface area contributed by atoms with Crippen molar-refractivity contribution in [1.29, 1.82) is 0 Å². The van der Waals surface area contributed by atoms with Gasteiger partial charge in [-0.2, -0.15) is 13.2 Å². The van der Waals surface area contributed by atoms with Gasteiger partial charge in [0.05, 0.1) is 15.8 Å². The molecule has 37 heavy (non-hydrogen) atoms. The number of anilines is 2. The summed E-state index contributed by atoms with van der Waals surface area (Å²) in [6.07, 6.45) is 0.741. The molecule has 2 aromatic heterocycles. The Morgan fingerprint density at radius 3 is 2.46 bits per heavy atom. The number of hydrogen-bond donors (Lipinski definition) is 3. The lowest BCUT2D eigenvalue weighted by molar-refractivity contribution is -0.138. The third kappa shape index (κ3) is 5.94. The molecule has 0 saturated heterocycles. The van der Waals surface area contributed by atoms with Crippen LogP contribution in [0.5, 0.6) is 0 Å². The third-order valence-electron chi connectivity index (χ3n) is 5.99. The number of alkyl halides is 3. The fourth-order valence-electron chi connectivity index (χ4n) is 3.92. The number of nitrogens with zero attached hydrogens (tertiary/aromatic N) is 2. The maximum absolute atomic E-state index is 13.3. The van der Waals surface area contributed by atoms with Crippen LogP contribution in [0.25, 0.3) is 27.0 Å². The Hall–Kier alpha value is -3.85. The summed E-state index contributed by atoms with van der Waals surface area (Å²) in [7, 11) is 0. The van der Waals surface area contributed by atoms with Gasteiger partial charge in [0.2, 0.25) is 0 Å². The molecule has 2 heterocycles. The molecule has 0 amide bonds. The van der Waals surface area contributed by atoms with E-state index in [9.17, 15) is 13.2 Å². The fraction of sp³-hybridized carbons (Fsp3) is 0.214. The number of aryl methyl sites for hydroxylation is 2. The van der Waals surface area contributed by atoms with Gasteiger partial charge in [0.15, 0.2) is 0 Å². The average Bonchev–Trinajstić information content (AvgIpc) is 3.56. The van der Waals surface area contributed by atoms with Gasteiger partial charge in [-0.1, -0.05) is 31.4 Å². The second-order valence-electron chi connectivity index (χ2n) is 8.86. The number of halogens is 3. The molecule has 0 spiro atoms. The van der Waals surface area contributed by atoms with Crippen molar-refractivity contribution in [3.63, 3.8) is 0 Å². The molecule has 0 radical (unpaired) electrons. The van der Waals surface area contributed by atoms with Gasteiger partial charge in [0.1, 0.15) is 12.1 Å². The Labute approximate surface area is 218 Å². The van der Waals surface area contributed by atoms with Crippen LogP contribution >= 0.6 is 11.3 Å². The molecule has 192 valence electrons. The molecular weight excluding hydrogens is 495 g/mol. The predicted molar refractivity (Wildman–Crippen MR) is 147 cm³/mol. The van der Waals surface area contributed by atoms with Crippen LogP contribution in [0.1, 0.15) is 35.1 Å². The number of aromatic nitrogens is 2. The van der Waals surface area contributed by atoms with Crippen LogP contribution in [0, 0.1) is 13.8 Å². The van der Waals surface area contributed by atoms with Gasteiger partial charge in [-0.05, 0) is 73.3 Å². The first kappa shape index (κ1) is 26.2. The Balaban J connectivity index is 0.00000102. The highest BCUT2D eigenvalue weighted by Crippen LogP contribution is 2.39. The molecule has 9 heteroatoms. The van der Waals surface area contributed by atoms with E-state index >= 15 is 0 Å². The third-order valence-corrected chi connectivity index (χ3v) is 6.96. The number of nitrogens with two attached hydrogens (primary N) is 1. The lowest BCUT2D eigenvalue weighted by Crippen LogP contribution is -2.08. The molecule has 1 fully saturated rings. The van der Waals surface area contributed by atoms with E-state index in [2.05, 4.69) is 44.9 Å². The van der Waals surface area contributed by atoms with E-state index < -0.39 is 11.7 Å². The second-order valence-corrected chi connectivity index (χ2v) is 9.74. The average molecular weight is 524 g/mol. The molecule has 1 aliphatic carbocycles. The topological polar surface area (TPSA) is 75.9 Å². The summed E-state index contributed by atoms with van der Waals surface area (Å²) < 4.78 is 40.9. The Kier molecular flexibility index (Phi) is 7.54. The van der Waals surface area contributed by atoms with Crippen molar-refractivity contribution in [2.45, 2.75) is 38.9 Å². The highest BCUT2D eigenvalue weighted by molar-refractivity contribution is 7.18. The van der Waals surface area contributed by atoms with Crippen LogP contribution in [0.2, 0.25) is 0 Å². The van der Waals surface area contributed by atoms with Gasteiger partial charge >= 0.3 is 6.18 Å². The highest BCUT2D eigenvalue weighted by Gasteiger charge is 2.32. The summed E-state index contributed by atoms with van der Waals surface area (Å²) in [5.41, 5.74) is 9.75. The first-order valence-corrected chi connectivity index (χ1v) is 12.6. The van der Waals surface area contributed by atoms with Crippen molar-refractivity contribution < 1.29 is 13.2 Å². The van der Waals surface area contributed by atoms with Gasteiger partial charge < -0.3 is 16.4 Å². The molecule has 0 atom stereocenters. The van der Waals surface area contributed by atoms with E-state index in [0.29, 0.717) is 17.4 Å². The molecule has 5 nitrogen and oxygen atoms in total. The van der Waals surface area contributed by atoms with Crippen molar-refractivity contribution >= 4 is 38.8 Å². The molecule has 0 aliphatic heterocycles. The Morgan fingerprint density at radius 2 is 1.78 bits per heavy atom. The number of rotatable bonds is 6. The molecule has 0 bridgehead atoms. The number of benzene rings is 2. The van der Waals surface area contributed by atoms with Crippen molar-refractivity contribution in [3.05, 3.63) is 89.7 Å². The van der Waals surface area contributed by atoms with Crippen molar-refractivity contribution in [2.24, 2.45) is 5.73 Å². The second kappa shape index (κ2) is 10.6. The van der Waals surface area contributed by atoms with Crippen LogP contribution < -0.4 is 16.4 Å². The minimum atomic E-state index is -4.41. The first-order valence-electron chi connectivity index (χ1n) is 11.7. The lowest BCUT2D eigenvalue weighted by atomic mass is 9.98. The number of thiophene rings is 1. The van der Waals surface area contributed by atoms with Gasteiger partial charge in [-0.25, -0.2) is 9.97 Å². The van der Waals surface area contributed by atoms with Crippen LogP contribution in [0.15, 0.2) is 67.5 Å². The fourth-order valence-corrected chi connectivity index (χ4v) is 4.89. The Morgan fingerprint density at radius 1 is 1.08 bits per heavy atom. The van der Waals surface area contributed by atoms with Gasteiger partial charge in [-0.3, -0.25) is 0 Å². The van der Waals surface area contributed by atoms with Crippen molar-refractivity contribution in [2.75, 3.05) is 10.6 Å². The molecule has 0 unspecified atom stereocenters. The van der Waals surface area contributed by atoms with Gasteiger partial charge in [-0.15, -0.1) is 11.3 Å². The normalized spacial score (nSPS) is 13.0. The maximum atomic E-state index is 13.3. The minimum absolute atomic E-state index is 0.183. The van der Waals surface area contributed by atoms with Crippen LogP contribution in [-0.2, 0) is 6.18 Å². The molecular formula is C28H28F3N5S. The molecule has 5 rings (SSSR count). The van der Waals surface area contributed by atoms with E-state index in [1.807, 2.05) is 25.1 Å². The number of fused-ring (bicyclic) bond motifs is 1. The van der Waals surface area contributed by atoms with E-state index in [1.54, 1.807) is 23.7 Å². The Bertz CT molecular complexity index is 1450. The van der Waals surface area contributed by atoms with Crippen molar-refractivity contribution in [3.8, 4) is 11.1 Å². The van der Waals surface area contributed by atoms with E-state index in [-0.39, 0.29) is 5.56 Å². The molecule has 4 aromatic rings. The summed E-state index contributed by atoms with van der Waals surface area (Å²) in [5.74, 6) is 0.864. The summed E-state index contributed by atoms with van der Waals surface area (Å²) in [4.78, 5) is 8.97. The van der Waals surface area contributed by atoms with E-state index in [4.69, 9.17) is 0 Å². The monoisotopic (exact) mass is 523 g/mol. The SMILES string of the molecule is C=C(Nc1ccc(C)c(C(F)(F)F)c1)c1ccc(C)c(-c2csc3c(NC4CC4)ncnc23)c1.C=CN. The number of nitrogens with one attached hydrogen (secondary N) is 2. The zero-order valence-corrected chi connectivity index (χ0v) is 21.4. The molecule has 2 aromatic carbocycles. The minimum Gasteiger partial charge on any atom is -0.405 e. The quantitative estimate of drug-likeness (QED) is 0.241. The summed E-state index contributed by atoms with van der Waals surface area (Å²) in [6.45, 7) is 10.7. The lowest BCUT2D eigenvalue weighted by Gasteiger charge is -2.16. The molecule has 1 aliphatic rings. The molecule has 4 N–H and O–H groups in total. The largest absolute Gasteiger partial charge is 0.416 e. The van der Waals surface area contributed by atoms with Gasteiger partial charge in [0.25, 0.3) is 0 Å². The van der Waals surface area contributed by atoms with E-state index in [0.717, 1.165) is 57.2 Å². The van der Waals surface area contributed by atoms with Crippen molar-refractivity contribution in [1.82, 2.24) is 9.97 Å². The maximum Gasteiger partial charge on any atom is 0.416 e. The summed E-state index contributed by atoms with van der Waals surface area (Å²) >= 11 is 1.60. The first-order chi connectivity index (χ1) is 17.6. The molecule has 1 saturated carbocycles. The van der Waals surface area contributed by atoms with E-state index in [1.165, 1.54) is 19.2 Å². The van der Waals surface area contributed by atoms with Gasteiger partial charge in [0, 0.05) is 28.4 Å². The number of hydrogen-bond acceptors (Lipinski definition) is 6. The standard InChI is InChI=1S/C26H23F3N4S.C2H5N/c1-14-4-6-17(16(3)32-19-7-5-15(2)22(11-19)26(27,28)29)10-20(14)21-12-34-24-23(21)30-13-31-25(24)33-18-8-9-18;1-2-3/h4-7,10-13,18,32H,3,8-9H2,1-2H3,(H,30,31,33);2H,1,3H2. The summed E-state index contributed by atoms with van der Waals surface area (Å²) in [6, 6.07) is 10.6. The zero-order valence-electron chi connectivity index (χ0n) is 20.6. The highest BCUT2D eigenvalue weighted by atomic mass is 32.1. The summed E-state index contributed by atoms with van der Waals surface area (Å²) in [5, 5.41) is 8.59. The van der Waals surface area contributed by atoms with Crippen LogP contribution in [-0.4, -0.2) is 16.0 Å².